The lowest BCUT2D eigenvalue weighted by atomic mass is 10.3. The van der Waals surface area contributed by atoms with E-state index in [2.05, 4.69) is 15.0 Å². The minimum Gasteiger partial charge on any atom is -0.466 e. The maximum absolute atomic E-state index is 11.3. The Labute approximate surface area is 124 Å². The Morgan fingerprint density at radius 2 is 1.78 bits per heavy atom. The second-order valence-corrected chi connectivity index (χ2v) is 5.35. The first-order valence-electron chi connectivity index (χ1n) is 4.62. The lowest BCUT2D eigenvalue weighted by Crippen LogP contribution is -2.27. The van der Waals surface area contributed by atoms with Crippen molar-refractivity contribution in [1.29, 1.82) is 0 Å². The number of hydrogen-bond acceptors (Lipinski definition) is 4. The van der Waals surface area contributed by atoms with Gasteiger partial charge in [0.25, 0.3) is 0 Å². The van der Waals surface area contributed by atoms with Gasteiger partial charge in [0, 0.05) is 5.02 Å². The van der Waals surface area contributed by atoms with Crippen molar-refractivity contribution in [3.63, 3.8) is 0 Å². The molecule has 4 nitrogen and oxygen atoms in total. The van der Waals surface area contributed by atoms with Crippen LogP contribution in [0.2, 0.25) is 15.1 Å². The van der Waals surface area contributed by atoms with E-state index in [4.69, 9.17) is 46.4 Å². The summed E-state index contributed by atoms with van der Waals surface area (Å²) < 4.78 is 4.47. The Balaban J connectivity index is 3.09. The average Bonchev–Trinajstić information content (AvgIpc) is 2.26. The van der Waals surface area contributed by atoms with Crippen LogP contribution in [0.4, 0.5) is 5.69 Å². The highest BCUT2D eigenvalue weighted by Crippen LogP contribution is 2.37. The molecule has 98 valence electrons. The quantitative estimate of drug-likeness (QED) is 0.344. The van der Waals surface area contributed by atoms with Crippen LogP contribution in [0.1, 0.15) is 6.92 Å². The standard InChI is InChI=1S/C10H8Cl4N2O2/c1-10(14,9(17)18-2)16-15-8-6(12)3-5(11)4-7(8)13/h3-4H,1-2H3. The van der Waals surface area contributed by atoms with Gasteiger partial charge in [-0.2, -0.15) is 10.2 Å². The topological polar surface area (TPSA) is 51.0 Å². The fraction of sp³-hybridized carbons (Fsp3) is 0.300. The molecule has 0 aliphatic carbocycles. The molecular formula is C10H8Cl4N2O2. The molecule has 0 bridgehead atoms. The van der Waals surface area contributed by atoms with E-state index >= 15 is 0 Å². The van der Waals surface area contributed by atoms with Crippen LogP contribution in [0, 0.1) is 0 Å². The fourth-order valence-corrected chi connectivity index (χ4v) is 2.01. The molecule has 0 aliphatic heterocycles. The molecular weight excluding hydrogens is 322 g/mol. The third-order valence-corrected chi connectivity index (χ3v) is 2.90. The largest absolute Gasteiger partial charge is 0.466 e. The molecule has 8 heteroatoms. The van der Waals surface area contributed by atoms with Gasteiger partial charge >= 0.3 is 5.97 Å². The number of carbonyl (C=O) groups excluding carboxylic acids is 1. The Morgan fingerprint density at radius 3 is 2.22 bits per heavy atom. The van der Waals surface area contributed by atoms with Crippen molar-refractivity contribution in [2.75, 3.05) is 7.11 Å². The van der Waals surface area contributed by atoms with Gasteiger partial charge in [0.1, 0.15) is 5.69 Å². The Bertz CT molecular complexity index is 480. The lowest BCUT2D eigenvalue weighted by Gasteiger charge is -2.12. The molecule has 0 aliphatic rings. The summed E-state index contributed by atoms with van der Waals surface area (Å²) in [5.74, 6) is -0.742. The molecule has 0 aromatic heterocycles. The molecule has 0 N–H and O–H groups in total. The van der Waals surface area contributed by atoms with E-state index in [0.717, 1.165) is 0 Å². The van der Waals surface area contributed by atoms with E-state index in [1.54, 1.807) is 0 Å². The van der Waals surface area contributed by atoms with Gasteiger partial charge in [-0.05, 0) is 19.1 Å². The number of rotatable bonds is 3. The Morgan fingerprint density at radius 1 is 1.28 bits per heavy atom. The minimum absolute atomic E-state index is 0.179. The van der Waals surface area contributed by atoms with Crippen molar-refractivity contribution in [3.05, 3.63) is 27.2 Å². The van der Waals surface area contributed by atoms with Gasteiger partial charge in [0.2, 0.25) is 5.00 Å². The van der Waals surface area contributed by atoms with E-state index in [-0.39, 0.29) is 15.7 Å². The maximum Gasteiger partial charge on any atom is 0.350 e. The van der Waals surface area contributed by atoms with Crippen LogP contribution < -0.4 is 0 Å². The van der Waals surface area contributed by atoms with Crippen molar-refractivity contribution in [2.24, 2.45) is 10.2 Å². The minimum atomic E-state index is -1.64. The summed E-state index contributed by atoms with van der Waals surface area (Å²) in [5, 5.41) is 8.18. The number of nitrogens with zero attached hydrogens (tertiary/aromatic N) is 2. The number of alkyl halides is 1. The van der Waals surface area contributed by atoms with Gasteiger partial charge in [-0.3, -0.25) is 0 Å². The van der Waals surface area contributed by atoms with Crippen LogP contribution in [0.15, 0.2) is 22.4 Å². The van der Waals surface area contributed by atoms with E-state index in [1.807, 2.05) is 0 Å². The summed E-state index contributed by atoms with van der Waals surface area (Å²) in [5.41, 5.74) is 0.179. The third kappa shape index (κ3) is 3.72. The Kier molecular flexibility index (Phi) is 5.22. The van der Waals surface area contributed by atoms with Crippen molar-refractivity contribution in [3.8, 4) is 0 Å². The normalized spacial score (nSPS) is 14.6. The van der Waals surface area contributed by atoms with Gasteiger partial charge in [0.15, 0.2) is 0 Å². The van der Waals surface area contributed by atoms with Crippen LogP contribution in [-0.2, 0) is 9.53 Å². The van der Waals surface area contributed by atoms with Crippen molar-refractivity contribution in [2.45, 2.75) is 11.9 Å². The highest BCUT2D eigenvalue weighted by molar-refractivity contribution is 6.41. The SMILES string of the molecule is COC(=O)C(C)(Cl)N=Nc1c(Cl)cc(Cl)cc1Cl. The predicted octanol–water partition coefficient (Wildman–Crippen LogP) is 4.86. The van der Waals surface area contributed by atoms with Crippen molar-refractivity contribution in [1.82, 2.24) is 0 Å². The predicted molar refractivity (Wildman–Crippen MR) is 72.3 cm³/mol. The number of benzene rings is 1. The highest BCUT2D eigenvalue weighted by Gasteiger charge is 2.32. The molecule has 0 saturated carbocycles. The van der Waals surface area contributed by atoms with Gasteiger partial charge < -0.3 is 4.74 Å². The molecule has 1 atom stereocenters. The van der Waals surface area contributed by atoms with Crippen LogP contribution >= 0.6 is 46.4 Å². The van der Waals surface area contributed by atoms with E-state index in [9.17, 15) is 4.79 Å². The van der Waals surface area contributed by atoms with Gasteiger partial charge in [0.05, 0.1) is 17.2 Å². The van der Waals surface area contributed by atoms with Crippen molar-refractivity contribution < 1.29 is 9.53 Å². The molecule has 1 rings (SSSR count). The molecule has 0 amide bonds. The summed E-state index contributed by atoms with van der Waals surface area (Å²) >= 11 is 23.4. The summed E-state index contributed by atoms with van der Waals surface area (Å²) in [6, 6.07) is 2.90. The second kappa shape index (κ2) is 6.06. The molecule has 0 saturated heterocycles. The number of halogens is 4. The fourth-order valence-electron chi connectivity index (χ4n) is 1.00. The smallest absolute Gasteiger partial charge is 0.350 e. The van der Waals surface area contributed by atoms with Gasteiger partial charge in [-0.25, -0.2) is 4.79 Å². The lowest BCUT2D eigenvalue weighted by molar-refractivity contribution is -0.143. The molecule has 1 aromatic carbocycles. The molecule has 1 aromatic rings. The van der Waals surface area contributed by atoms with Crippen molar-refractivity contribution >= 4 is 58.1 Å². The number of carbonyl (C=O) groups is 1. The van der Waals surface area contributed by atoms with Crippen LogP contribution in [0.3, 0.4) is 0 Å². The van der Waals surface area contributed by atoms with Crippen LogP contribution in [0.25, 0.3) is 0 Å². The first kappa shape index (κ1) is 15.5. The molecule has 0 spiro atoms. The highest BCUT2D eigenvalue weighted by atomic mass is 35.5. The first-order chi connectivity index (χ1) is 8.27. The van der Waals surface area contributed by atoms with E-state index < -0.39 is 11.0 Å². The molecule has 0 radical (unpaired) electrons. The summed E-state index contributed by atoms with van der Waals surface area (Å²) in [7, 11) is 1.20. The van der Waals surface area contributed by atoms with Gasteiger partial charge in [-0.15, -0.1) is 0 Å². The zero-order valence-corrected chi connectivity index (χ0v) is 12.4. The molecule has 0 fully saturated rings. The van der Waals surface area contributed by atoms with Crippen LogP contribution in [-0.4, -0.2) is 18.1 Å². The number of hydrogen-bond donors (Lipinski definition) is 0. The first-order valence-corrected chi connectivity index (χ1v) is 6.14. The number of ether oxygens (including phenoxy) is 1. The molecule has 18 heavy (non-hydrogen) atoms. The van der Waals surface area contributed by atoms with Gasteiger partial charge in [-0.1, -0.05) is 46.4 Å². The van der Waals surface area contributed by atoms with Crippen LogP contribution in [0.5, 0.6) is 0 Å². The van der Waals surface area contributed by atoms with E-state index in [0.29, 0.717) is 5.02 Å². The zero-order chi connectivity index (χ0) is 13.9. The van der Waals surface area contributed by atoms with E-state index in [1.165, 1.54) is 26.2 Å². The second-order valence-electron chi connectivity index (χ2n) is 3.36. The zero-order valence-electron chi connectivity index (χ0n) is 9.38. The monoisotopic (exact) mass is 328 g/mol. The number of azo groups is 1. The molecule has 0 heterocycles. The summed E-state index contributed by atoms with van der Waals surface area (Å²) in [6.45, 7) is 1.33. The number of methoxy groups -OCH3 is 1. The molecule has 1 unspecified atom stereocenters. The average molecular weight is 330 g/mol. The third-order valence-electron chi connectivity index (χ3n) is 1.88. The maximum atomic E-state index is 11.3. The number of esters is 1. The Hall–Kier alpha value is -0.550. The summed E-state index contributed by atoms with van der Waals surface area (Å²) in [6.07, 6.45) is 0. The summed E-state index contributed by atoms with van der Waals surface area (Å²) in [4.78, 5) is 9.65.